The van der Waals surface area contributed by atoms with Crippen LogP contribution in [0.1, 0.15) is 90.9 Å². The second kappa shape index (κ2) is 9.39. The minimum atomic E-state index is -0.250. The van der Waals surface area contributed by atoms with E-state index in [-0.39, 0.29) is 12.1 Å². The fraction of sp³-hybridized carbons (Fsp3) is 0.870. The molecule has 0 heterocycles. The van der Waals surface area contributed by atoms with Crippen molar-refractivity contribution in [2.75, 3.05) is 0 Å². The standard InChI is InChI=1S/C23H39NO2/c1-4-23(25)26-22-13-7-12-21(16-22)24(19-10-5-8-17(2)14-19)20-11-6-9-18(3)15-20/h4,17-22H,1,5-16H2,2-3H3. The van der Waals surface area contributed by atoms with Crippen molar-refractivity contribution in [2.24, 2.45) is 11.8 Å². The van der Waals surface area contributed by atoms with E-state index in [0.717, 1.165) is 36.8 Å². The van der Waals surface area contributed by atoms with E-state index < -0.39 is 0 Å². The monoisotopic (exact) mass is 361 g/mol. The average molecular weight is 362 g/mol. The van der Waals surface area contributed by atoms with Crippen LogP contribution in [0.4, 0.5) is 0 Å². The van der Waals surface area contributed by atoms with Crippen molar-refractivity contribution in [2.45, 2.75) is 115 Å². The topological polar surface area (TPSA) is 29.5 Å². The van der Waals surface area contributed by atoms with Crippen LogP contribution >= 0.6 is 0 Å². The fourth-order valence-electron chi connectivity index (χ4n) is 5.95. The highest BCUT2D eigenvalue weighted by Gasteiger charge is 2.38. The Bertz CT molecular complexity index is 455. The zero-order valence-corrected chi connectivity index (χ0v) is 17.0. The summed E-state index contributed by atoms with van der Waals surface area (Å²) in [6.45, 7) is 8.43. The van der Waals surface area contributed by atoms with Gasteiger partial charge < -0.3 is 4.74 Å². The molecular formula is C23H39NO2. The molecule has 3 aliphatic carbocycles. The minimum absolute atomic E-state index is 0.0868. The van der Waals surface area contributed by atoms with E-state index in [1.165, 1.54) is 70.3 Å². The van der Waals surface area contributed by atoms with Gasteiger partial charge in [-0.2, -0.15) is 0 Å². The van der Waals surface area contributed by atoms with Crippen LogP contribution in [-0.2, 0) is 9.53 Å². The van der Waals surface area contributed by atoms with Crippen LogP contribution < -0.4 is 0 Å². The highest BCUT2D eigenvalue weighted by molar-refractivity contribution is 5.81. The van der Waals surface area contributed by atoms with Gasteiger partial charge in [-0.3, -0.25) is 4.90 Å². The maximum atomic E-state index is 11.7. The molecule has 6 atom stereocenters. The molecule has 0 saturated heterocycles. The van der Waals surface area contributed by atoms with Crippen molar-refractivity contribution >= 4 is 5.97 Å². The lowest BCUT2D eigenvalue weighted by atomic mass is 9.79. The smallest absolute Gasteiger partial charge is 0.330 e. The largest absolute Gasteiger partial charge is 0.459 e. The third-order valence-corrected chi connectivity index (χ3v) is 7.13. The van der Waals surface area contributed by atoms with E-state index in [9.17, 15) is 4.79 Å². The Morgan fingerprint density at radius 2 is 1.35 bits per heavy atom. The van der Waals surface area contributed by atoms with Gasteiger partial charge in [-0.05, 0) is 63.2 Å². The number of carbonyl (C=O) groups excluding carboxylic acids is 1. The van der Waals surface area contributed by atoms with Gasteiger partial charge in [0.1, 0.15) is 6.10 Å². The van der Waals surface area contributed by atoms with Gasteiger partial charge in [-0.15, -0.1) is 0 Å². The van der Waals surface area contributed by atoms with Crippen molar-refractivity contribution in [1.82, 2.24) is 4.90 Å². The first-order chi connectivity index (χ1) is 12.6. The van der Waals surface area contributed by atoms with Crippen LogP contribution in [0, 0.1) is 11.8 Å². The molecule has 0 spiro atoms. The van der Waals surface area contributed by atoms with Crippen LogP contribution in [0.3, 0.4) is 0 Å². The lowest BCUT2D eigenvalue weighted by Gasteiger charge is -2.49. The van der Waals surface area contributed by atoms with E-state index >= 15 is 0 Å². The van der Waals surface area contributed by atoms with E-state index in [0.29, 0.717) is 6.04 Å². The summed E-state index contributed by atoms with van der Waals surface area (Å²) in [5.74, 6) is 1.46. The molecule has 6 unspecified atom stereocenters. The summed E-state index contributed by atoms with van der Waals surface area (Å²) in [4.78, 5) is 14.6. The molecule has 3 aliphatic rings. The van der Waals surface area contributed by atoms with Gasteiger partial charge in [-0.25, -0.2) is 4.79 Å². The molecule has 3 heteroatoms. The third-order valence-electron chi connectivity index (χ3n) is 7.13. The van der Waals surface area contributed by atoms with Crippen molar-refractivity contribution in [1.29, 1.82) is 0 Å². The Hall–Kier alpha value is -0.830. The average Bonchev–Trinajstić information content (AvgIpc) is 2.62. The Kier molecular flexibility index (Phi) is 7.19. The van der Waals surface area contributed by atoms with Crippen molar-refractivity contribution in [3.63, 3.8) is 0 Å². The Labute approximate surface area is 160 Å². The van der Waals surface area contributed by atoms with E-state index in [1.54, 1.807) is 0 Å². The molecule has 3 nitrogen and oxygen atoms in total. The first kappa shape index (κ1) is 19.9. The number of hydrogen-bond acceptors (Lipinski definition) is 3. The molecule has 0 aromatic rings. The van der Waals surface area contributed by atoms with Gasteiger partial charge in [0.2, 0.25) is 0 Å². The summed E-state index contributed by atoms with van der Waals surface area (Å²) in [5.41, 5.74) is 0. The molecule has 0 N–H and O–H groups in total. The maximum Gasteiger partial charge on any atom is 0.330 e. The lowest BCUT2D eigenvalue weighted by Crippen LogP contribution is -2.54. The minimum Gasteiger partial charge on any atom is -0.459 e. The summed E-state index contributed by atoms with van der Waals surface area (Å²) >= 11 is 0. The predicted octanol–water partition coefficient (Wildman–Crippen LogP) is 5.49. The molecule has 0 aromatic heterocycles. The molecular weight excluding hydrogens is 322 g/mol. The van der Waals surface area contributed by atoms with Crippen molar-refractivity contribution in [3.8, 4) is 0 Å². The summed E-state index contributed by atoms with van der Waals surface area (Å²) in [7, 11) is 0. The Morgan fingerprint density at radius 1 is 0.846 bits per heavy atom. The number of nitrogens with zero attached hydrogens (tertiary/aromatic N) is 1. The third kappa shape index (κ3) is 5.12. The normalized spacial score (nSPS) is 38.7. The first-order valence-corrected chi connectivity index (χ1v) is 11.2. The summed E-state index contributed by atoms with van der Waals surface area (Å²) in [5, 5.41) is 0. The molecule has 0 bridgehead atoms. The van der Waals surface area contributed by atoms with Crippen LogP contribution in [0.2, 0.25) is 0 Å². The molecule has 0 aliphatic heterocycles. The van der Waals surface area contributed by atoms with Gasteiger partial charge >= 0.3 is 5.97 Å². The maximum absolute atomic E-state index is 11.7. The predicted molar refractivity (Wildman–Crippen MR) is 107 cm³/mol. The molecule has 26 heavy (non-hydrogen) atoms. The summed E-state index contributed by atoms with van der Waals surface area (Å²) in [6.07, 6.45) is 16.9. The van der Waals surface area contributed by atoms with Crippen molar-refractivity contribution in [3.05, 3.63) is 12.7 Å². The van der Waals surface area contributed by atoms with Gasteiger partial charge in [0, 0.05) is 24.2 Å². The zero-order valence-electron chi connectivity index (χ0n) is 17.0. The van der Waals surface area contributed by atoms with Crippen LogP contribution in [0.15, 0.2) is 12.7 Å². The second-order valence-electron chi connectivity index (χ2n) is 9.38. The zero-order chi connectivity index (χ0) is 18.5. The molecule has 3 rings (SSSR count). The molecule has 0 aromatic carbocycles. The highest BCUT2D eigenvalue weighted by Crippen LogP contribution is 2.38. The molecule has 148 valence electrons. The molecule has 0 radical (unpaired) electrons. The van der Waals surface area contributed by atoms with Crippen LogP contribution in [-0.4, -0.2) is 35.1 Å². The number of hydrogen-bond donors (Lipinski definition) is 0. The summed E-state index contributed by atoms with van der Waals surface area (Å²) < 4.78 is 5.65. The number of esters is 1. The van der Waals surface area contributed by atoms with Gasteiger partial charge in [0.25, 0.3) is 0 Å². The molecule has 0 amide bonds. The molecule has 3 fully saturated rings. The van der Waals surface area contributed by atoms with Gasteiger partial charge in [0.05, 0.1) is 0 Å². The van der Waals surface area contributed by atoms with E-state index in [2.05, 4.69) is 25.3 Å². The first-order valence-electron chi connectivity index (χ1n) is 11.2. The number of carbonyl (C=O) groups is 1. The van der Waals surface area contributed by atoms with Gasteiger partial charge in [-0.1, -0.05) is 46.1 Å². The van der Waals surface area contributed by atoms with Crippen LogP contribution in [0.5, 0.6) is 0 Å². The van der Waals surface area contributed by atoms with Gasteiger partial charge in [0.15, 0.2) is 0 Å². The fourth-order valence-corrected chi connectivity index (χ4v) is 5.95. The van der Waals surface area contributed by atoms with E-state index in [4.69, 9.17) is 4.74 Å². The van der Waals surface area contributed by atoms with Crippen LogP contribution in [0.25, 0.3) is 0 Å². The number of ether oxygens (including phenoxy) is 1. The highest BCUT2D eigenvalue weighted by atomic mass is 16.5. The van der Waals surface area contributed by atoms with Crippen molar-refractivity contribution < 1.29 is 9.53 Å². The lowest BCUT2D eigenvalue weighted by molar-refractivity contribution is -0.146. The quantitative estimate of drug-likeness (QED) is 0.479. The van der Waals surface area contributed by atoms with E-state index in [1.807, 2.05) is 0 Å². The SMILES string of the molecule is C=CC(=O)OC1CCCC(N(C2CCCC(C)C2)C2CCCC(C)C2)C1. The Morgan fingerprint density at radius 3 is 1.85 bits per heavy atom. The second-order valence-corrected chi connectivity index (χ2v) is 9.38. The Balaban J connectivity index is 1.73. The number of rotatable bonds is 5. The molecule has 3 saturated carbocycles. The summed E-state index contributed by atoms with van der Waals surface area (Å²) in [6, 6.07) is 2.08.